The molecule has 2 N–H and O–H groups in total. The zero-order valence-corrected chi connectivity index (χ0v) is 11.4. The Kier molecular flexibility index (Phi) is 2.99. The molecule has 20 heavy (non-hydrogen) atoms. The number of nitrogens with two attached hydrogens (primary N) is 1. The van der Waals surface area contributed by atoms with Crippen molar-refractivity contribution in [2.45, 2.75) is 6.92 Å². The molecular weight excluding hydrogens is 244 g/mol. The molecule has 0 aliphatic carbocycles. The molecular formula is C18H16N2. The zero-order valence-electron chi connectivity index (χ0n) is 11.4. The van der Waals surface area contributed by atoms with Crippen molar-refractivity contribution in [1.29, 1.82) is 0 Å². The van der Waals surface area contributed by atoms with Crippen LogP contribution in [0.4, 0.5) is 5.82 Å². The predicted octanol–water partition coefficient (Wildman–Crippen LogP) is 4.52. The van der Waals surface area contributed by atoms with Gasteiger partial charge in [-0.2, -0.15) is 0 Å². The molecule has 0 aliphatic rings. The van der Waals surface area contributed by atoms with E-state index in [9.17, 15) is 0 Å². The van der Waals surface area contributed by atoms with E-state index in [1.807, 2.05) is 25.1 Å². The average molecular weight is 260 g/mol. The van der Waals surface area contributed by atoms with E-state index in [1.165, 1.54) is 0 Å². The highest BCUT2D eigenvalue weighted by Gasteiger charge is 2.07. The molecule has 1 heterocycles. The number of nitrogen functional groups attached to an aromatic ring is 1. The van der Waals surface area contributed by atoms with Crippen LogP contribution in [0.25, 0.3) is 27.6 Å². The number of anilines is 1. The molecule has 3 aromatic rings. The van der Waals surface area contributed by atoms with Crippen LogP contribution < -0.4 is 5.73 Å². The highest BCUT2D eigenvalue weighted by Crippen LogP contribution is 2.29. The molecule has 0 atom stereocenters. The van der Waals surface area contributed by atoms with E-state index >= 15 is 0 Å². The maximum Gasteiger partial charge on any atom is 0.124 e. The summed E-state index contributed by atoms with van der Waals surface area (Å²) in [5.74, 6) is 0.544. The van der Waals surface area contributed by atoms with Gasteiger partial charge in [-0.3, -0.25) is 0 Å². The van der Waals surface area contributed by atoms with Gasteiger partial charge in [-0.1, -0.05) is 60.7 Å². The number of hydrogen-bond acceptors (Lipinski definition) is 2. The summed E-state index contributed by atoms with van der Waals surface area (Å²) < 4.78 is 0. The lowest BCUT2D eigenvalue weighted by molar-refractivity contribution is 1.36. The molecule has 0 saturated heterocycles. The summed E-state index contributed by atoms with van der Waals surface area (Å²) in [7, 11) is 0. The van der Waals surface area contributed by atoms with Crippen LogP contribution in [-0.4, -0.2) is 4.98 Å². The second-order valence-corrected chi connectivity index (χ2v) is 4.97. The van der Waals surface area contributed by atoms with E-state index in [-0.39, 0.29) is 0 Å². The van der Waals surface area contributed by atoms with Crippen LogP contribution in [-0.2, 0) is 0 Å². The molecule has 2 heteroatoms. The smallest absolute Gasteiger partial charge is 0.124 e. The van der Waals surface area contributed by atoms with E-state index < -0.39 is 0 Å². The number of rotatable bonds is 2. The lowest BCUT2D eigenvalue weighted by Crippen LogP contribution is -1.94. The standard InChI is InChI=1S/C18H16N2/c1-12(2)13-7-9-14(10-8-13)18-16-6-4-3-5-15(16)11-17(19)20-18/h3-11H,1H2,2H3,(H2,19,20). The van der Waals surface area contributed by atoms with Crippen molar-refractivity contribution in [1.82, 2.24) is 4.98 Å². The quantitative estimate of drug-likeness (QED) is 0.736. The summed E-state index contributed by atoms with van der Waals surface area (Å²) in [5, 5.41) is 2.23. The van der Waals surface area contributed by atoms with E-state index in [4.69, 9.17) is 5.73 Å². The molecule has 0 spiro atoms. The predicted molar refractivity (Wildman–Crippen MR) is 86.3 cm³/mol. The Labute approximate surface area is 118 Å². The Bertz CT molecular complexity index is 786. The van der Waals surface area contributed by atoms with Gasteiger partial charge in [-0.15, -0.1) is 0 Å². The maximum atomic E-state index is 5.91. The molecule has 0 unspecified atom stereocenters. The van der Waals surface area contributed by atoms with E-state index in [0.29, 0.717) is 5.82 Å². The third-order valence-electron chi connectivity index (χ3n) is 3.41. The fourth-order valence-corrected chi connectivity index (χ4v) is 2.35. The summed E-state index contributed by atoms with van der Waals surface area (Å²) >= 11 is 0. The van der Waals surface area contributed by atoms with Gasteiger partial charge in [0.25, 0.3) is 0 Å². The van der Waals surface area contributed by atoms with Crippen molar-refractivity contribution in [3.05, 3.63) is 66.7 Å². The first-order chi connectivity index (χ1) is 9.65. The average Bonchev–Trinajstić information content (AvgIpc) is 2.46. The lowest BCUT2D eigenvalue weighted by Gasteiger charge is -2.08. The van der Waals surface area contributed by atoms with E-state index in [0.717, 1.165) is 33.2 Å². The molecule has 1 aromatic heterocycles. The molecule has 0 bridgehead atoms. The van der Waals surface area contributed by atoms with Crippen molar-refractivity contribution in [3.8, 4) is 11.3 Å². The van der Waals surface area contributed by atoms with E-state index in [2.05, 4.69) is 48.0 Å². The molecule has 3 rings (SSSR count). The number of allylic oxidation sites excluding steroid dienone is 1. The SMILES string of the molecule is C=C(C)c1ccc(-c2nc(N)cc3ccccc23)cc1. The molecule has 98 valence electrons. The lowest BCUT2D eigenvalue weighted by atomic mass is 10.0. The van der Waals surface area contributed by atoms with Gasteiger partial charge in [0.15, 0.2) is 0 Å². The summed E-state index contributed by atoms with van der Waals surface area (Å²) in [6, 6.07) is 18.3. The molecule has 0 amide bonds. The Balaban J connectivity index is 2.20. The molecule has 0 radical (unpaired) electrons. The van der Waals surface area contributed by atoms with Gasteiger partial charge in [0.05, 0.1) is 5.69 Å². The number of aromatic nitrogens is 1. The topological polar surface area (TPSA) is 38.9 Å². The summed E-state index contributed by atoms with van der Waals surface area (Å²) in [5.41, 5.74) is 10.1. The number of benzene rings is 2. The minimum atomic E-state index is 0.544. The van der Waals surface area contributed by atoms with Crippen LogP contribution in [0.1, 0.15) is 12.5 Å². The van der Waals surface area contributed by atoms with E-state index in [1.54, 1.807) is 0 Å². The Morgan fingerprint density at radius 1 is 1.05 bits per heavy atom. The Morgan fingerprint density at radius 3 is 2.45 bits per heavy atom. The fourth-order valence-electron chi connectivity index (χ4n) is 2.35. The maximum absolute atomic E-state index is 5.91. The Morgan fingerprint density at radius 2 is 1.75 bits per heavy atom. The fraction of sp³-hybridized carbons (Fsp3) is 0.0556. The largest absolute Gasteiger partial charge is 0.384 e. The highest BCUT2D eigenvalue weighted by atomic mass is 14.8. The van der Waals surface area contributed by atoms with Crippen LogP contribution in [0.15, 0.2) is 61.2 Å². The van der Waals surface area contributed by atoms with Crippen LogP contribution in [0.5, 0.6) is 0 Å². The third-order valence-corrected chi connectivity index (χ3v) is 3.41. The normalized spacial score (nSPS) is 10.7. The molecule has 2 nitrogen and oxygen atoms in total. The first-order valence-electron chi connectivity index (χ1n) is 6.57. The van der Waals surface area contributed by atoms with Gasteiger partial charge in [0, 0.05) is 10.9 Å². The van der Waals surface area contributed by atoms with Crippen molar-refractivity contribution in [3.63, 3.8) is 0 Å². The Hall–Kier alpha value is -2.61. The minimum Gasteiger partial charge on any atom is -0.384 e. The molecule has 0 aliphatic heterocycles. The monoisotopic (exact) mass is 260 g/mol. The second kappa shape index (κ2) is 4.82. The van der Waals surface area contributed by atoms with Crippen LogP contribution in [0, 0.1) is 0 Å². The number of pyridine rings is 1. The van der Waals surface area contributed by atoms with Gasteiger partial charge < -0.3 is 5.73 Å². The van der Waals surface area contributed by atoms with Crippen LogP contribution in [0.2, 0.25) is 0 Å². The molecule has 0 saturated carbocycles. The van der Waals surface area contributed by atoms with Crippen LogP contribution >= 0.6 is 0 Å². The third kappa shape index (κ3) is 2.16. The first kappa shape index (κ1) is 12.4. The van der Waals surface area contributed by atoms with Crippen molar-refractivity contribution >= 4 is 22.2 Å². The summed E-state index contributed by atoms with van der Waals surface area (Å²) in [4.78, 5) is 4.50. The van der Waals surface area contributed by atoms with Crippen molar-refractivity contribution in [2.24, 2.45) is 0 Å². The van der Waals surface area contributed by atoms with Crippen molar-refractivity contribution in [2.75, 3.05) is 5.73 Å². The van der Waals surface area contributed by atoms with Gasteiger partial charge in [-0.05, 0) is 23.9 Å². The number of nitrogens with zero attached hydrogens (tertiary/aromatic N) is 1. The van der Waals surface area contributed by atoms with Gasteiger partial charge in [-0.25, -0.2) is 4.98 Å². The van der Waals surface area contributed by atoms with Gasteiger partial charge >= 0.3 is 0 Å². The number of hydrogen-bond donors (Lipinski definition) is 1. The minimum absolute atomic E-state index is 0.544. The summed E-state index contributed by atoms with van der Waals surface area (Å²) in [6.07, 6.45) is 0. The number of fused-ring (bicyclic) bond motifs is 1. The van der Waals surface area contributed by atoms with Crippen LogP contribution in [0.3, 0.4) is 0 Å². The first-order valence-corrected chi connectivity index (χ1v) is 6.57. The van der Waals surface area contributed by atoms with Gasteiger partial charge in [0.2, 0.25) is 0 Å². The second-order valence-electron chi connectivity index (χ2n) is 4.97. The molecule has 2 aromatic carbocycles. The van der Waals surface area contributed by atoms with Crippen molar-refractivity contribution < 1.29 is 0 Å². The highest BCUT2D eigenvalue weighted by molar-refractivity contribution is 5.96. The summed E-state index contributed by atoms with van der Waals surface area (Å²) in [6.45, 7) is 5.96. The molecule has 0 fully saturated rings. The zero-order chi connectivity index (χ0) is 14.1. The van der Waals surface area contributed by atoms with Gasteiger partial charge in [0.1, 0.15) is 5.82 Å².